The monoisotopic (exact) mass is 213 g/mol. The molecule has 1 aromatic carbocycles. The van der Waals surface area contributed by atoms with E-state index >= 15 is 0 Å². The summed E-state index contributed by atoms with van der Waals surface area (Å²) in [5, 5.41) is 0. The number of rotatable bonds is 2. The van der Waals surface area contributed by atoms with Gasteiger partial charge in [-0.05, 0) is 30.7 Å². The zero-order valence-electron chi connectivity index (χ0n) is 9.51. The van der Waals surface area contributed by atoms with E-state index in [0.29, 0.717) is 0 Å². The van der Waals surface area contributed by atoms with Crippen molar-refractivity contribution < 1.29 is 0 Å². The second-order valence-corrected chi connectivity index (χ2v) is 3.76. The molecule has 0 unspecified atom stereocenters. The van der Waals surface area contributed by atoms with Gasteiger partial charge in [-0.3, -0.25) is 0 Å². The number of nitrogen functional groups attached to an aromatic ring is 1. The zero-order chi connectivity index (χ0) is 11.5. The Bertz CT molecular complexity index is 480. The molecule has 3 nitrogen and oxygen atoms in total. The molecular formula is C13H15N3. The molecule has 0 aliphatic rings. The highest BCUT2D eigenvalue weighted by Crippen LogP contribution is 2.27. The standard InChI is InChI=1S/C13H15N3/c1-10-8-9-15-13(12(10)14)16(2)11-6-4-3-5-7-11/h3-9H,14H2,1-2H3. The number of pyridine rings is 1. The Labute approximate surface area is 95.5 Å². The predicted molar refractivity (Wildman–Crippen MR) is 67.9 cm³/mol. The van der Waals surface area contributed by atoms with Crippen molar-refractivity contribution in [2.45, 2.75) is 6.92 Å². The minimum atomic E-state index is 0.730. The number of nitrogens with two attached hydrogens (primary N) is 1. The van der Waals surface area contributed by atoms with Crippen molar-refractivity contribution in [2.24, 2.45) is 0 Å². The molecule has 0 saturated carbocycles. The van der Waals surface area contributed by atoms with E-state index in [9.17, 15) is 0 Å². The lowest BCUT2D eigenvalue weighted by Gasteiger charge is -2.20. The average molecular weight is 213 g/mol. The number of anilines is 3. The van der Waals surface area contributed by atoms with Gasteiger partial charge >= 0.3 is 0 Å². The third-order valence-corrected chi connectivity index (χ3v) is 2.65. The maximum absolute atomic E-state index is 6.02. The summed E-state index contributed by atoms with van der Waals surface area (Å²) in [6, 6.07) is 12.0. The summed E-state index contributed by atoms with van der Waals surface area (Å²) < 4.78 is 0. The molecule has 2 N–H and O–H groups in total. The summed E-state index contributed by atoms with van der Waals surface area (Å²) in [5.74, 6) is 0.797. The highest BCUT2D eigenvalue weighted by atomic mass is 15.2. The molecule has 16 heavy (non-hydrogen) atoms. The summed E-state index contributed by atoms with van der Waals surface area (Å²) in [7, 11) is 1.97. The van der Waals surface area contributed by atoms with E-state index in [-0.39, 0.29) is 0 Å². The largest absolute Gasteiger partial charge is 0.396 e. The molecule has 0 spiro atoms. The van der Waals surface area contributed by atoms with Gasteiger partial charge in [0.15, 0.2) is 5.82 Å². The fraction of sp³-hybridized carbons (Fsp3) is 0.154. The highest BCUT2D eigenvalue weighted by molar-refractivity contribution is 5.72. The van der Waals surface area contributed by atoms with Crippen molar-refractivity contribution in [3.05, 3.63) is 48.2 Å². The van der Waals surface area contributed by atoms with E-state index in [4.69, 9.17) is 5.73 Å². The summed E-state index contributed by atoms with van der Waals surface area (Å²) >= 11 is 0. The number of nitrogens with zero attached hydrogens (tertiary/aromatic N) is 2. The van der Waals surface area contributed by atoms with E-state index in [1.807, 2.05) is 55.3 Å². The molecule has 2 rings (SSSR count). The molecule has 0 fully saturated rings. The number of benzene rings is 1. The first-order chi connectivity index (χ1) is 7.70. The van der Waals surface area contributed by atoms with Crippen LogP contribution in [0, 0.1) is 6.92 Å². The molecular weight excluding hydrogens is 198 g/mol. The fourth-order valence-corrected chi connectivity index (χ4v) is 1.60. The summed E-state index contributed by atoms with van der Waals surface area (Å²) in [6.45, 7) is 1.99. The molecule has 1 heterocycles. The number of aromatic nitrogens is 1. The molecule has 0 atom stereocenters. The van der Waals surface area contributed by atoms with Crippen LogP contribution in [0.1, 0.15) is 5.56 Å². The van der Waals surface area contributed by atoms with E-state index in [2.05, 4.69) is 4.98 Å². The SMILES string of the molecule is Cc1ccnc(N(C)c2ccccc2)c1N. The lowest BCUT2D eigenvalue weighted by molar-refractivity contribution is 1.12. The van der Waals surface area contributed by atoms with Gasteiger partial charge in [-0.2, -0.15) is 0 Å². The average Bonchev–Trinajstić information content (AvgIpc) is 2.33. The van der Waals surface area contributed by atoms with Crippen molar-refractivity contribution in [3.8, 4) is 0 Å². The summed E-state index contributed by atoms with van der Waals surface area (Å²) in [5.41, 5.74) is 8.87. The summed E-state index contributed by atoms with van der Waals surface area (Å²) in [4.78, 5) is 6.30. The maximum Gasteiger partial charge on any atom is 0.156 e. The lowest BCUT2D eigenvalue weighted by atomic mass is 10.2. The molecule has 0 saturated heterocycles. The van der Waals surface area contributed by atoms with Crippen LogP contribution in [-0.2, 0) is 0 Å². The topological polar surface area (TPSA) is 42.2 Å². The first-order valence-corrected chi connectivity index (χ1v) is 5.20. The minimum Gasteiger partial charge on any atom is -0.396 e. The second kappa shape index (κ2) is 4.23. The Morgan fingerprint density at radius 1 is 1.12 bits per heavy atom. The molecule has 0 aliphatic carbocycles. The van der Waals surface area contributed by atoms with E-state index in [1.165, 1.54) is 0 Å². The lowest BCUT2D eigenvalue weighted by Crippen LogP contribution is -2.13. The smallest absolute Gasteiger partial charge is 0.156 e. The number of aryl methyl sites for hydroxylation is 1. The van der Waals surface area contributed by atoms with Crippen LogP contribution in [0.25, 0.3) is 0 Å². The van der Waals surface area contributed by atoms with Gasteiger partial charge in [0.1, 0.15) is 0 Å². The van der Waals surface area contributed by atoms with Gasteiger partial charge in [0, 0.05) is 18.9 Å². The van der Waals surface area contributed by atoms with Crippen LogP contribution in [0.4, 0.5) is 17.2 Å². The predicted octanol–water partition coefficient (Wildman–Crippen LogP) is 2.74. The van der Waals surface area contributed by atoms with Gasteiger partial charge in [-0.1, -0.05) is 18.2 Å². The Morgan fingerprint density at radius 3 is 2.50 bits per heavy atom. The van der Waals surface area contributed by atoms with Gasteiger partial charge in [0.2, 0.25) is 0 Å². The highest BCUT2D eigenvalue weighted by Gasteiger charge is 2.09. The second-order valence-electron chi connectivity index (χ2n) is 3.76. The van der Waals surface area contributed by atoms with Crippen molar-refractivity contribution in [3.63, 3.8) is 0 Å². The van der Waals surface area contributed by atoms with Crippen LogP contribution in [0.2, 0.25) is 0 Å². The first-order valence-electron chi connectivity index (χ1n) is 5.20. The molecule has 0 aliphatic heterocycles. The molecule has 0 radical (unpaired) electrons. The van der Waals surface area contributed by atoms with Crippen LogP contribution in [-0.4, -0.2) is 12.0 Å². The normalized spacial score (nSPS) is 10.1. The molecule has 2 aromatic rings. The Balaban J connectivity index is 2.42. The molecule has 0 amide bonds. The van der Waals surface area contributed by atoms with E-state index < -0.39 is 0 Å². The zero-order valence-corrected chi connectivity index (χ0v) is 9.51. The minimum absolute atomic E-state index is 0.730. The van der Waals surface area contributed by atoms with E-state index in [1.54, 1.807) is 6.20 Å². The molecule has 1 aromatic heterocycles. The summed E-state index contributed by atoms with van der Waals surface area (Å²) in [6.07, 6.45) is 1.78. The fourth-order valence-electron chi connectivity index (χ4n) is 1.60. The first kappa shape index (κ1) is 10.5. The quantitative estimate of drug-likeness (QED) is 0.834. The number of hydrogen-bond donors (Lipinski definition) is 1. The van der Waals surface area contributed by atoms with Crippen molar-refractivity contribution in [1.82, 2.24) is 4.98 Å². The Hall–Kier alpha value is -2.03. The van der Waals surface area contributed by atoms with Crippen molar-refractivity contribution in [1.29, 1.82) is 0 Å². The molecule has 3 heteroatoms. The van der Waals surface area contributed by atoms with Crippen LogP contribution in [0.3, 0.4) is 0 Å². The maximum atomic E-state index is 6.02. The van der Waals surface area contributed by atoms with E-state index in [0.717, 1.165) is 22.8 Å². The van der Waals surface area contributed by atoms with Gasteiger partial charge < -0.3 is 10.6 Å². The number of hydrogen-bond acceptors (Lipinski definition) is 3. The van der Waals surface area contributed by atoms with Gasteiger partial charge in [-0.25, -0.2) is 4.98 Å². The van der Waals surface area contributed by atoms with Gasteiger partial charge in [-0.15, -0.1) is 0 Å². The van der Waals surface area contributed by atoms with Gasteiger partial charge in [0.25, 0.3) is 0 Å². The Morgan fingerprint density at radius 2 is 1.81 bits per heavy atom. The van der Waals surface area contributed by atoms with Crippen LogP contribution >= 0.6 is 0 Å². The van der Waals surface area contributed by atoms with Crippen LogP contribution in [0.5, 0.6) is 0 Å². The van der Waals surface area contributed by atoms with Crippen LogP contribution < -0.4 is 10.6 Å². The van der Waals surface area contributed by atoms with Crippen molar-refractivity contribution >= 4 is 17.2 Å². The third-order valence-electron chi connectivity index (χ3n) is 2.65. The van der Waals surface area contributed by atoms with Gasteiger partial charge in [0.05, 0.1) is 5.69 Å². The Kier molecular flexibility index (Phi) is 2.77. The number of para-hydroxylation sites is 1. The van der Waals surface area contributed by atoms with Crippen molar-refractivity contribution in [2.75, 3.05) is 17.7 Å². The van der Waals surface area contributed by atoms with Crippen LogP contribution in [0.15, 0.2) is 42.6 Å². The molecule has 82 valence electrons. The molecule has 0 bridgehead atoms. The third kappa shape index (κ3) is 1.84.